The Kier molecular flexibility index (Phi) is 7.31. The minimum absolute atomic E-state index is 0.0693. The molecule has 1 amide bonds. The average molecular weight is 277 g/mol. The van der Waals surface area contributed by atoms with Gasteiger partial charge < -0.3 is 10.0 Å². The molecule has 0 saturated heterocycles. The van der Waals surface area contributed by atoms with Gasteiger partial charge in [0.05, 0.1) is 12.0 Å². The van der Waals surface area contributed by atoms with Crippen LogP contribution in [0.5, 0.6) is 0 Å². The van der Waals surface area contributed by atoms with Crippen molar-refractivity contribution < 1.29 is 9.90 Å². The zero-order valence-corrected chi connectivity index (χ0v) is 12.9. The lowest BCUT2D eigenvalue weighted by molar-refractivity contribution is -0.139. The molecule has 0 heterocycles. The summed E-state index contributed by atoms with van der Waals surface area (Å²) in [5.74, 6) is -0.267. The predicted octanol–water partition coefficient (Wildman–Crippen LogP) is 3.39. The first-order valence-electron chi connectivity index (χ1n) is 7.67. The summed E-state index contributed by atoms with van der Waals surface area (Å²) in [6.07, 6.45) is 2.02. The van der Waals surface area contributed by atoms with Crippen LogP contribution in [0.15, 0.2) is 30.3 Å². The molecule has 1 N–H and O–H groups in total. The van der Waals surface area contributed by atoms with E-state index in [4.69, 9.17) is 0 Å². The smallest absolute Gasteiger partial charge is 0.228 e. The third-order valence-electron chi connectivity index (χ3n) is 3.78. The van der Waals surface area contributed by atoms with Crippen molar-refractivity contribution in [3.63, 3.8) is 0 Å². The summed E-state index contributed by atoms with van der Waals surface area (Å²) in [5.41, 5.74) is 0.828. The molecule has 0 saturated carbocycles. The van der Waals surface area contributed by atoms with E-state index in [9.17, 15) is 9.90 Å². The number of unbranched alkanes of at least 4 members (excludes halogenated alkanes) is 1. The third-order valence-corrected chi connectivity index (χ3v) is 3.78. The van der Waals surface area contributed by atoms with Crippen LogP contribution in [0.2, 0.25) is 0 Å². The fraction of sp³-hybridized carbons (Fsp3) is 0.588. The second-order valence-corrected chi connectivity index (χ2v) is 5.11. The predicted molar refractivity (Wildman–Crippen MR) is 82.3 cm³/mol. The second-order valence-electron chi connectivity index (χ2n) is 5.11. The molecule has 3 nitrogen and oxygen atoms in total. The Morgan fingerprint density at radius 1 is 1.15 bits per heavy atom. The topological polar surface area (TPSA) is 40.5 Å². The number of aliphatic hydroxyl groups is 1. The molecule has 0 aliphatic carbocycles. The van der Waals surface area contributed by atoms with Gasteiger partial charge in [0.15, 0.2) is 0 Å². The molecule has 20 heavy (non-hydrogen) atoms. The molecular formula is C17H27NO2. The summed E-state index contributed by atoms with van der Waals surface area (Å²) in [6.45, 7) is 7.45. The number of rotatable bonds is 8. The van der Waals surface area contributed by atoms with Gasteiger partial charge >= 0.3 is 0 Å². The summed E-state index contributed by atoms with van der Waals surface area (Å²) < 4.78 is 0. The Morgan fingerprint density at radius 3 is 2.25 bits per heavy atom. The Balaban J connectivity index is 2.90. The van der Waals surface area contributed by atoms with Gasteiger partial charge in [0, 0.05) is 13.1 Å². The van der Waals surface area contributed by atoms with Crippen molar-refractivity contribution in [3.05, 3.63) is 35.9 Å². The van der Waals surface area contributed by atoms with Crippen LogP contribution < -0.4 is 0 Å². The molecular weight excluding hydrogens is 250 g/mol. The molecule has 1 rings (SSSR count). The van der Waals surface area contributed by atoms with Crippen LogP contribution in [0.1, 0.15) is 51.7 Å². The van der Waals surface area contributed by atoms with E-state index in [0.717, 1.165) is 24.8 Å². The van der Waals surface area contributed by atoms with E-state index in [0.29, 0.717) is 13.1 Å². The van der Waals surface area contributed by atoms with Gasteiger partial charge in [-0.3, -0.25) is 4.79 Å². The summed E-state index contributed by atoms with van der Waals surface area (Å²) in [5, 5.41) is 10.6. The molecule has 0 bridgehead atoms. The van der Waals surface area contributed by atoms with Gasteiger partial charge in [0.1, 0.15) is 0 Å². The highest BCUT2D eigenvalue weighted by atomic mass is 16.3. The van der Waals surface area contributed by atoms with Crippen molar-refractivity contribution in [2.75, 3.05) is 13.1 Å². The maximum absolute atomic E-state index is 12.6. The maximum Gasteiger partial charge on any atom is 0.228 e. The fourth-order valence-corrected chi connectivity index (χ4v) is 2.49. The molecule has 0 radical (unpaired) electrons. The van der Waals surface area contributed by atoms with Crippen molar-refractivity contribution >= 4 is 5.91 Å². The summed E-state index contributed by atoms with van der Waals surface area (Å²) in [4.78, 5) is 14.4. The number of aliphatic hydroxyl groups excluding tert-OH is 1. The first-order chi connectivity index (χ1) is 9.65. The average Bonchev–Trinajstić information content (AvgIpc) is 2.49. The van der Waals surface area contributed by atoms with E-state index in [1.54, 1.807) is 0 Å². The largest absolute Gasteiger partial charge is 0.388 e. The second kappa shape index (κ2) is 8.75. The number of benzene rings is 1. The van der Waals surface area contributed by atoms with Crippen LogP contribution in [-0.2, 0) is 4.79 Å². The number of carbonyl (C=O) groups is 1. The number of nitrogens with zero attached hydrogens (tertiary/aromatic N) is 1. The van der Waals surface area contributed by atoms with Gasteiger partial charge in [-0.2, -0.15) is 0 Å². The lowest BCUT2D eigenvalue weighted by Crippen LogP contribution is -2.38. The number of carbonyl (C=O) groups excluding carboxylic acids is 1. The first-order valence-corrected chi connectivity index (χ1v) is 7.67. The quantitative estimate of drug-likeness (QED) is 0.791. The highest BCUT2D eigenvalue weighted by Crippen LogP contribution is 2.28. The SMILES string of the molecule is CCCC[C@H](C(=O)N(CC)CC)[C@@H](O)c1ccccc1. The van der Waals surface area contributed by atoms with Gasteiger partial charge in [-0.05, 0) is 25.8 Å². The molecule has 0 fully saturated rings. The lowest BCUT2D eigenvalue weighted by atomic mass is 9.90. The highest BCUT2D eigenvalue weighted by molar-refractivity contribution is 5.79. The van der Waals surface area contributed by atoms with Crippen LogP contribution in [0.4, 0.5) is 0 Å². The van der Waals surface area contributed by atoms with Crippen molar-refractivity contribution in [3.8, 4) is 0 Å². The monoisotopic (exact) mass is 277 g/mol. The molecule has 0 unspecified atom stereocenters. The molecule has 112 valence electrons. The van der Waals surface area contributed by atoms with Crippen LogP contribution in [-0.4, -0.2) is 29.0 Å². The maximum atomic E-state index is 12.6. The summed E-state index contributed by atoms with van der Waals surface area (Å²) >= 11 is 0. The molecule has 1 aromatic rings. The van der Waals surface area contributed by atoms with E-state index in [-0.39, 0.29) is 11.8 Å². The van der Waals surface area contributed by atoms with E-state index in [1.165, 1.54) is 0 Å². The van der Waals surface area contributed by atoms with Crippen LogP contribution in [0, 0.1) is 5.92 Å². The number of amides is 1. The van der Waals surface area contributed by atoms with Crippen LogP contribution in [0.3, 0.4) is 0 Å². The number of hydrogen-bond donors (Lipinski definition) is 1. The van der Waals surface area contributed by atoms with E-state index < -0.39 is 6.10 Å². The minimum atomic E-state index is -0.712. The van der Waals surface area contributed by atoms with Crippen molar-refractivity contribution in [1.29, 1.82) is 0 Å². The fourth-order valence-electron chi connectivity index (χ4n) is 2.49. The van der Waals surface area contributed by atoms with Gasteiger partial charge in [0.25, 0.3) is 0 Å². The highest BCUT2D eigenvalue weighted by Gasteiger charge is 2.29. The Bertz CT molecular complexity index is 387. The molecule has 0 aromatic heterocycles. The molecule has 1 aromatic carbocycles. The molecule has 0 aliphatic rings. The van der Waals surface area contributed by atoms with Crippen molar-refractivity contribution in [1.82, 2.24) is 4.90 Å². The Labute approximate surface area is 122 Å². The summed E-state index contributed by atoms with van der Waals surface area (Å²) in [7, 11) is 0. The minimum Gasteiger partial charge on any atom is -0.388 e. The summed E-state index contributed by atoms with van der Waals surface area (Å²) in [6, 6.07) is 9.50. The van der Waals surface area contributed by atoms with E-state index in [1.807, 2.05) is 49.1 Å². The Morgan fingerprint density at radius 2 is 1.75 bits per heavy atom. The van der Waals surface area contributed by atoms with Crippen LogP contribution >= 0.6 is 0 Å². The standard InChI is InChI=1S/C17H27NO2/c1-4-7-13-15(17(20)18(5-2)6-3)16(19)14-11-9-8-10-12-14/h8-12,15-16,19H,4-7,13H2,1-3H3/t15-,16-/m0/s1. The molecule has 2 atom stereocenters. The lowest BCUT2D eigenvalue weighted by Gasteiger charge is -2.28. The van der Waals surface area contributed by atoms with E-state index >= 15 is 0 Å². The van der Waals surface area contributed by atoms with Gasteiger partial charge in [0.2, 0.25) is 5.91 Å². The Hall–Kier alpha value is -1.35. The van der Waals surface area contributed by atoms with Crippen LogP contribution in [0.25, 0.3) is 0 Å². The van der Waals surface area contributed by atoms with Gasteiger partial charge in [-0.1, -0.05) is 50.1 Å². The molecule has 0 spiro atoms. The molecule has 0 aliphatic heterocycles. The van der Waals surface area contributed by atoms with Crippen molar-refractivity contribution in [2.24, 2.45) is 5.92 Å². The van der Waals surface area contributed by atoms with Gasteiger partial charge in [-0.25, -0.2) is 0 Å². The normalized spacial score (nSPS) is 13.8. The van der Waals surface area contributed by atoms with Gasteiger partial charge in [-0.15, -0.1) is 0 Å². The first kappa shape index (κ1) is 16.7. The number of hydrogen-bond acceptors (Lipinski definition) is 2. The molecule has 3 heteroatoms. The van der Waals surface area contributed by atoms with Crippen molar-refractivity contribution in [2.45, 2.75) is 46.1 Å². The zero-order chi connectivity index (χ0) is 15.0. The van der Waals surface area contributed by atoms with E-state index in [2.05, 4.69) is 6.92 Å². The third kappa shape index (κ3) is 4.34. The zero-order valence-electron chi connectivity index (χ0n) is 12.9.